The van der Waals surface area contributed by atoms with Crippen molar-refractivity contribution >= 4 is 12.3 Å². The minimum atomic E-state index is -0.507. The van der Waals surface area contributed by atoms with Crippen LogP contribution in [0.15, 0.2) is 23.8 Å². The van der Waals surface area contributed by atoms with E-state index >= 15 is 0 Å². The molecule has 5 heteroatoms. The Kier molecular flexibility index (Phi) is 10.7. The summed E-state index contributed by atoms with van der Waals surface area (Å²) in [5, 5.41) is 0. The van der Waals surface area contributed by atoms with Crippen molar-refractivity contribution in [2.75, 3.05) is 21.3 Å². The van der Waals surface area contributed by atoms with Crippen LogP contribution in [0.25, 0.3) is 0 Å². The van der Waals surface area contributed by atoms with Gasteiger partial charge < -0.3 is 14.2 Å². The molecule has 0 spiro atoms. The lowest BCUT2D eigenvalue weighted by Crippen LogP contribution is -2.10. The highest BCUT2D eigenvalue weighted by molar-refractivity contribution is 5.73. The second-order valence-corrected chi connectivity index (χ2v) is 3.84. The molecule has 0 saturated heterocycles. The number of methoxy groups -OCH3 is 3. The van der Waals surface area contributed by atoms with E-state index in [1.165, 1.54) is 21.3 Å². The molecule has 0 aliphatic heterocycles. The Balaban J connectivity index is 4.00. The summed E-state index contributed by atoms with van der Waals surface area (Å²) in [6.07, 6.45) is 8.18. The normalized spacial score (nSPS) is 12.1. The fraction of sp³-hybridized carbons (Fsp3) is 0.571. The molecule has 0 amide bonds. The molecule has 0 heterocycles. The van der Waals surface area contributed by atoms with Crippen molar-refractivity contribution in [3.05, 3.63) is 23.8 Å². The summed E-state index contributed by atoms with van der Waals surface area (Å²) in [5.74, 6) is -0.204. The minimum Gasteiger partial charge on any atom is -0.469 e. The summed E-state index contributed by atoms with van der Waals surface area (Å²) in [4.78, 5) is 21.7. The third-order valence-corrected chi connectivity index (χ3v) is 2.47. The fourth-order valence-electron chi connectivity index (χ4n) is 1.37. The molecule has 0 radical (unpaired) electrons. The van der Waals surface area contributed by atoms with E-state index in [1.54, 1.807) is 6.08 Å². The highest BCUT2D eigenvalue weighted by Crippen LogP contribution is 2.06. The van der Waals surface area contributed by atoms with E-state index in [0.29, 0.717) is 18.4 Å². The number of hydrogen-bond acceptors (Lipinski definition) is 5. The van der Waals surface area contributed by atoms with Gasteiger partial charge in [-0.15, -0.1) is 0 Å². The van der Waals surface area contributed by atoms with Crippen molar-refractivity contribution in [2.24, 2.45) is 0 Å². The third-order valence-electron chi connectivity index (χ3n) is 2.47. The van der Waals surface area contributed by atoms with E-state index in [4.69, 9.17) is 9.47 Å². The summed E-state index contributed by atoms with van der Waals surface area (Å²) in [7, 11) is 4.40. The van der Waals surface area contributed by atoms with E-state index < -0.39 is 6.29 Å². The van der Waals surface area contributed by atoms with Crippen LogP contribution in [0.2, 0.25) is 0 Å². The molecular formula is C14H22O5. The van der Waals surface area contributed by atoms with Gasteiger partial charge in [-0.2, -0.15) is 0 Å². The second kappa shape index (κ2) is 11.6. The van der Waals surface area contributed by atoms with Gasteiger partial charge in [0.25, 0.3) is 0 Å². The highest BCUT2D eigenvalue weighted by atomic mass is 16.7. The number of hydrogen-bond donors (Lipinski definition) is 0. The number of carbonyl (C=O) groups is 2. The molecule has 0 aromatic carbocycles. The Hall–Kier alpha value is -1.46. The Labute approximate surface area is 114 Å². The van der Waals surface area contributed by atoms with Gasteiger partial charge >= 0.3 is 5.97 Å². The van der Waals surface area contributed by atoms with Gasteiger partial charge in [0.15, 0.2) is 6.29 Å². The predicted octanol–water partition coefficient (Wildman–Crippen LogP) is 2.02. The monoisotopic (exact) mass is 270 g/mol. The molecule has 5 nitrogen and oxygen atoms in total. The van der Waals surface area contributed by atoms with Crippen LogP contribution in [0.5, 0.6) is 0 Å². The largest absolute Gasteiger partial charge is 0.469 e. The van der Waals surface area contributed by atoms with Crippen LogP contribution in [-0.2, 0) is 23.8 Å². The molecule has 0 aliphatic carbocycles. The quantitative estimate of drug-likeness (QED) is 0.152. The van der Waals surface area contributed by atoms with Gasteiger partial charge in [0.1, 0.15) is 6.29 Å². The first-order valence-electron chi connectivity index (χ1n) is 6.11. The molecule has 0 saturated carbocycles. The topological polar surface area (TPSA) is 61.8 Å². The van der Waals surface area contributed by atoms with Crippen molar-refractivity contribution < 1.29 is 23.8 Å². The molecule has 19 heavy (non-hydrogen) atoms. The van der Waals surface area contributed by atoms with Crippen molar-refractivity contribution in [1.82, 2.24) is 0 Å². The Bertz CT molecular complexity index is 316. The third kappa shape index (κ3) is 9.16. The average molecular weight is 270 g/mol. The maximum Gasteiger partial charge on any atom is 0.305 e. The zero-order valence-corrected chi connectivity index (χ0v) is 11.8. The summed E-state index contributed by atoms with van der Waals surface area (Å²) in [6, 6.07) is 0. The maximum atomic E-state index is 10.9. The van der Waals surface area contributed by atoms with Crippen LogP contribution < -0.4 is 0 Å². The van der Waals surface area contributed by atoms with E-state index in [2.05, 4.69) is 4.74 Å². The number of allylic oxidation sites excluding steroid dienone is 3. The molecule has 108 valence electrons. The van der Waals surface area contributed by atoms with Crippen LogP contribution in [0.1, 0.15) is 25.7 Å². The highest BCUT2D eigenvalue weighted by Gasteiger charge is 2.02. The standard InChI is InChI=1S/C14H22O5/c1-17-13(16)9-7-5-4-6-8-12(11-15)10-14(18-2)19-3/h4,6,10-11,14H,5,7-9H2,1-3H3. The molecule has 0 aliphatic rings. The number of ether oxygens (including phenoxy) is 3. The first-order chi connectivity index (χ1) is 9.17. The number of unbranched alkanes of at least 4 members (excludes halogenated alkanes) is 1. The first kappa shape index (κ1) is 17.5. The van der Waals surface area contributed by atoms with Gasteiger partial charge in [0, 0.05) is 20.6 Å². The van der Waals surface area contributed by atoms with Crippen molar-refractivity contribution in [3.63, 3.8) is 0 Å². The lowest BCUT2D eigenvalue weighted by atomic mass is 10.1. The Morgan fingerprint density at radius 3 is 2.37 bits per heavy atom. The second-order valence-electron chi connectivity index (χ2n) is 3.84. The van der Waals surface area contributed by atoms with E-state index in [0.717, 1.165) is 19.1 Å². The van der Waals surface area contributed by atoms with Gasteiger partial charge in [-0.1, -0.05) is 12.2 Å². The molecule has 0 bridgehead atoms. The molecular weight excluding hydrogens is 248 g/mol. The predicted molar refractivity (Wildman–Crippen MR) is 71.6 cm³/mol. The smallest absolute Gasteiger partial charge is 0.305 e. The van der Waals surface area contributed by atoms with E-state index in [-0.39, 0.29) is 5.97 Å². The lowest BCUT2D eigenvalue weighted by Gasteiger charge is -2.08. The molecule has 0 unspecified atom stereocenters. The van der Waals surface area contributed by atoms with Crippen molar-refractivity contribution in [3.8, 4) is 0 Å². The van der Waals surface area contributed by atoms with Crippen LogP contribution in [0.4, 0.5) is 0 Å². The summed E-state index contributed by atoms with van der Waals surface area (Å²) in [5.41, 5.74) is 0.595. The Morgan fingerprint density at radius 1 is 1.16 bits per heavy atom. The molecule has 0 aromatic rings. The fourth-order valence-corrected chi connectivity index (χ4v) is 1.37. The van der Waals surface area contributed by atoms with Crippen LogP contribution >= 0.6 is 0 Å². The number of aldehydes is 1. The number of carbonyl (C=O) groups excluding carboxylic acids is 2. The first-order valence-corrected chi connectivity index (χ1v) is 6.11. The van der Waals surface area contributed by atoms with Crippen LogP contribution in [0, 0.1) is 0 Å². The van der Waals surface area contributed by atoms with Crippen molar-refractivity contribution in [2.45, 2.75) is 32.0 Å². The maximum absolute atomic E-state index is 10.9. The van der Waals surface area contributed by atoms with Gasteiger partial charge in [-0.3, -0.25) is 9.59 Å². The summed E-state index contributed by atoms with van der Waals surface area (Å²) < 4.78 is 14.5. The zero-order valence-electron chi connectivity index (χ0n) is 11.8. The lowest BCUT2D eigenvalue weighted by molar-refractivity contribution is -0.140. The molecule has 0 fully saturated rings. The minimum absolute atomic E-state index is 0.204. The molecule has 0 atom stereocenters. The van der Waals surface area contributed by atoms with E-state index in [9.17, 15) is 9.59 Å². The molecule has 0 aromatic heterocycles. The molecule has 0 N–H and O–H groups in total. The van der Waals surface area contributed by atoms with Crippen molar-refractivity contribution in [1.29, 1.82) is 0 Å². The van der Waals surface area contributed by atoms with Crippen LogP contribution in [-0.4, -0.2) is 39.9 Å². The SMILES string of the molecule is COC(=O)CCCC=CCC(C=O)=CC(OC)OC. The van der Waals surface area contributed by atoms with Gasteiger partial charge in [-0.05, 0) is 30.9 Å². The van der Waals surface area contributed by atoms with Gasteiger partial charge in [0.05, 0.1) is 7.11 Å². The summed E-state index contributed by atoms with van der Waals surface area (Å²) >= 11 is 0. The number of esters is 1. The van der Waals surface area contributed by atoms with Gasteiger partial charge in [0.2, 0.25) is 0 Å². The zero-order chi connectivity index (χ0) is 14.5. The average Bonchev–Trinajstić information content (AvgIpc) is 2.45. The van der Waals surface area contributed by atoms with Crippen LogP contribution in [0.3, 0.4) is 0 Å². The number of rotatable bonds is 10. The summed E-state index contributed by atoms with van der Waals surface area (Å²) in [6.45, 7) is 0. The molecule has 0 rings (SSSR count). The van der Waals surface area contributed by atoms with Gasteiger partial charge in [-0.25, -0.2) is 0 Å². The van der Waals surface area contributed by atoms with E-state index in [1.807, 2.05) is 12.2 Å². The Morgan fingerprint density at radius 2 is 1.84 bits per heavy atom.